The average Bonchev–Trinajstić information content (AvgIpc) is 2.83. The van der Waals surface area contributed by atoms with E-state index in [2.05, 4.69) is 37.9 Å². The molecule has 0 bridgehead atoms. The Kier molecular flexibility index (Phi) is 3.06. The number of thiophene rings is 1. The molecule has 2 atom stereocenters. The van der Waals surface area contributed by atoms with Gasteiger partial charge in [-0.05, 0) is 44.3 Å². The molecule has 1 fully saturated rings. The molecule has 1 saturated carbocycles. The summed E-state index contributed by atoms with van der Waals surface area (Å²) in [6.45, 7) is 0.766. The highest BCUT2D eigenvalue weighted by molar-refractivity contribution is 9.13. The zero-order chi connectivity index (χ0) is 10.3. The Morgan fingerprint density at radius 2 is 2.36 bits per heavy atom. The third kappa shape index (κ3) is 1.69. The lowest BCUT2D eigenvalue weighted by molar-refractivity contribution is 0.212. The van der Waals surface area contributed by atoms with Gasteiger partial charge in [-0.2, -0.15) is 0 Å². The maximum Gasteiger partial charge on any atom is 0.0843 e. The monoisotopic (exact) mass is 339 g/mol. The fourth-order valence-electron chi connectivity index (χ4n) is 1.75. The Morgan fingerprint density at radius 1 is 1.64 bits per heavy atom. The van der Waals surface area contributed by atoms with Crippen molar-refractivity contribution >= 4 is 43.2 Å². The van der Waals surface area contributed by atoms with Gasteiger partial charge in [0.2, 0.25) is 0 Å². The van der Waals surface area contributed by atoms with E-state index in [1.165, 1.54) is 4.88 Å². The third-order valence-electron chi connectivity index (χ3n) is 2.92. The van der Waals surface area contributed by atoms with Gasteiger partial charge in [-0.25, -0.2) is 0 Å². The molecule has 0 saturated heterocycles. The number of rotatable bonds is 3. The predicted molar refractivity (Wildman–Crippen MR) is 65.7 cm³/mol. The summed E-state index contributed by atoms with van der Waals surface area (Å²) in [7, 11) is 0. The Morgan fingerprint density at radius 3 is 2.71 bits per heavy atom. The van der Waals surface area contributed by atoms with Gasteiger partial charge in [-0.3, -0.25) is 0 Å². The highest BCUT2D eigenvalue weighted by Gasteiger charge is 2.54. The van der Waals surface area contributed by atoms with E-state index >= 15 is 0 Å². The van der Waals surface area contributed by atoms with Crippen molar-refractivity contribution in [1.82, 2.24) is 0 Å². The topological polar surface area (TPSA) is 46.2 Å². The molecular weight excluding hydrogens is 330 g/mol. The van der Waals surface area contributed by atoms with Crippen molar-refractivity contribution in [3.8, 4) is 0 Å². The number of halogens is 2. The summed E-state index contributed by atoms with van der Waals surface area (Å²) in [5.74, 6) is 0.449. The molecule has 1 aromatic rings. The standard InChI is InChI=1S/C9H11Br2NOS/c10-6-1-7(14-8(6)11)5-2-9(5,3-12)4-13/h1,5,13H,2-4,12H2. The van der Waals surface area contributed by atoms with E-state index in [1.54, 1.807) is 11.3 Å². The Labute approximate surface area is 104 Å². The van der Waals surface area contributed by atoms with Crippen LogP contribution in [0.2, 0.25) is 0 Å². The number of hydrogen-bond acceptors (Lipinski definition) is 3. The first-order valence-corrected chi connectivity index (χ1v) is 6.79. The van der Waals surface area contributed by atoms with Crippen molar-refractivity contribution in [2.45, 2.75) is 12.3 Å². The maximum atomic E-state index is 9.27. The molecule has 1 aliphatic carbocycles. The van der Waals surface area contributed by atoms with Crippen molar-refractivity contribution in [1.29, 1.82) is 0 Å². The van der Waals surface area contributed by atoms with Crippen LogP contribution in [0.4, 0.5) is 0 Å². The van der Waals surface area contributed by atoms with Gasteiger partial charge in [0, 0.05) is 27.2 Å². The van der Waals surface area contributed by atoms with Crippen LogP contribution >= 0.6 is 43.2 Å². The van der Waals surface area contributed by atoms with Gasteiger partial charge in [-0.15, -0.1) is 11.3 Å². The van der Waals surface area contributed by atoms with E-state index in [1.807, 2.05) is 0 Å². The van der Waals surface area contributed by atoms with E-state index in [4.69, 9.17) is 5.73 Å². The number of aliphatic hydroxyl groups excluding tert-OH is 1. The molecule has 0 aliphatic heterocycles. The molecule has 1 aliphatic rings. The molecule has 2 nitrogen and oxygen atoms in total. The van der Waals surface area contributed by atoms with E-state index in [0.717, 1.165) is 14.7 Å². The average molecular weight is 341 g/mol. The van der Waals surface area contributed by atoms with Crippen LogP contribution < -0.4 is 5.73 Å². The lowest BCUT2D eigenvalue weighted by Gasteiger charge is -2.09. The minimum atomic E-state index is -0.0380. The molecule has 0 amide bonds. The highest BCUT2D eigenvalue weighted by atomic mass is 79.9. The first kappa shape index (κ1) is 11.1. The fourth-order valence-corrected chi connectivity index (χ4v) is 4.08. The maximum absolute atomic E-state index is 9.27. The summed E-state index contributed by atoms with van der Waals surface area (Å²) >= 11 is 8.66. The Bertz CT molecular complexity index is 329. The second-order valence-corrected chi connectivity index (χ2v) is 7.01. The van der Waals surface area contributed by atoms with Crippen molar-refractivity contribution in [3.63, 3.8) is 0 Å². The van der Waals surface area contributed by atoms with Crippen LogP contribution in [0.3, 0.4) is 0 Å². The van der Waals surface area contributed by atoms with Crippen LogP contribution in [0.5, 0.6) is 0 Å². The zero-order valence-corrected chi connectivity index (χ0v) is 11.5. The SMILES string of the molecule is NCC1(CO)CC1c1cc(Br)c(Br)s1. The Balaban J connectivity index is 2.19. The van der Waals surface area contributed by atoms with Crippen molar-refractivity contribution in [2.24, 2.45) is 11.1 Å². The van der Waals surface area contributed by atoms with Gasteiger partial charge in [0.15, 0.2) is 0 Å². The van der Waals surface area contributed by atoms with Gasteiger partial charge in [0.05, 0.1) is 10.4 Å². The molecule has 3 N–H and O–H groups in total. The first-order chi connectivity index (χ1) is 6.63. The molecule has 1 heterocycles. The summed E-state index contributed by atoms with van der Waals surface area (Å²) in [5.41, 5.74) is 5.64. The second kappa shape index (κ2) is 3.87. The molecule has 0 radical (unpaired) electrons. The van der Waals surface area contributed by atoms with Gasteiger partial charge < -0.3 is 10.8 Å². The molecule has 0 aromatic carbocycles. The normalized spacial score (nSPS) is 30.7. The summed E-state index contributed by atoms with van der Waals surface area (Å²) in [5, 5.41) is 9.27. The van der Waals surface area contributed by atoms with Gasteiger partial charge in [-0.1, -0.05) is 0 Å². The van der Waals surface area contributed by atoms with E-state index in [9.17, 15) is 5.11 Å². The highest BCUT2D eigenvalue weighted by Crippen LogP contribution is 2.60. The van der Waals surface area contributed by atoms with Crippen molar-refractivity contribution in [2.75, 3.05) is 13.2 Å². The van der Waals surface area contributed by atoms with Gasteiger partial charge >= 0.3 is 0 Å². The summed E-state index contributed by atoms with van der Waals surface area (Å²) in [6.07, 6.45) is 1.01. The molecular formula is C9H11Br2NOS. The third-order valence-corrected chi connectivity index (χ3v) is 6.29. The fraction of sp³-hybridized carbons (Fsp3) is 0.556. The summed E-state index contributed by atoms with van der Waals surface area (Å²) in [6, 6.07) is 2.12. The largest absolute Gasteiger partial charge is 0.396 e. The van der Waals surface area contributed by atoms with Gasteiger partial charge in [0.25, 0.3) is 0 Å². The van der Waals surface area contributed by atoms with E-state index in [0.29, 0.717) is 12.5 Å². The number of aliphatic hydroxyl groups is 1. The second-order valence-electron chi connectivity index (χ2n) is 3.75. The summed E-state index contributed by atoms with van der Waals surface area (Å²) < 4.78 is 2.21. The minimum Gasteiger partial charge on any atom is -0.396 e. The van der Waals surface area contributed by atoms with Crippen LogP contribution in [0.1, 0.15) is 17.2 Å². The van der Waals surface area contributed by atoms with Crippen molar-refractivity contribution in [3.05, 3.63) is 19.2 Å². The van der Waals surface area contributed by atoms with Crippen LogP contribution in [0.15, 0.2) is 14.3 Å². The lowest BCUT2D eigenvalue weighted by Crippen LogP contribution is -2.21. The molecule has 2 unspecified atom stereocenters. The molecule has 2 rings (SSSR count). The van der Waals surface area contributed by atoms with Crippen molar-refractivity contribution < 1.29 is 5.11 Å². The van der Waals surface area contributed by atoms with Crippen LogP contribution in [-0.2, 0) is 0 Å². The van der Waals surface area contributed by atoms with Gasteiger partial charge in [0.1, 0.15) is 0 Å². The molecule has 1 aromatic heterocycles. The van der Waals surface area contributed by atoms with Crippen LogP contribution in [0.25, 0.3) is 0 Å². The lowest BCUT2D eigenvalue weighted by atomic mass is 10.1. The zero-order valence-electron chi connectivity index (χ0n) is 7.46. The molecule has 14 heavy (non-hydrogen) atoms. The summed E-state index contributed by atoms with van der Waals surface area (Å²) in [4.78, 5) is 1.31. The van der Waals surface area contributed by atoms with Crippen LogP contribution in [-0.4, -0.2) is 18.3 Å². The Hall–Kier alpha value is 0.580. The van der Waals surface area contributed by atoms with Crippen LogP contribution in [0, 0.1) is 5.41 Å². The minimum absolute atomic E-state index is 0.0380. The molecule has 5 heteroatoms. The van der Waals surface area contributed by atoms with E-state index in [-0.39, 0.29) is 12.0 Å². The quantitative estimate of drug-likeness (QED) is 0.888. The number of hydrogen-bond donors (Lipinski definition) is 2. The number of nitrogens with two attached hydrogens (primary N) is 1. The molecule has 78 valence electrons. The smallest absolute Gasteiger partial charge is 0.0843 e. The first-order valence-electron chi connectivity index (χ1n) is 4.38. The predicted octanol–water partition coefficient (Wildman–Crippen LogP) is 2.70. The van der Waals surface area contributed by atoms with E-state index < -0.39 is 0 Å². The molecule has 0 spiro atoms.